The number of benzene rings is 2. The molecule has 0 saturated heterocycles. The van der Waals surface area contributed by atoms with E-state index >= 15 is 0 Å². The number of rotatable bonds is 4. The molecule has 1 aliphatic heterocycles. The number of carbonyl (C=O) groups is 2. The van der Waals surface area contributed by atoms with Gasteiger partial charge < -0.3 is 9.64 Å². The Labute approximate surface area is 167 Å². The summed E-state index contributed by atoms with van der Waals surface area (Å²) in [5, 5.41) is 0. The molecule has 2 aromatic carbocycles. The molecule has 4 nitrogen and oxygen atoms in total. The van der Waals surface area contributed by atoms with Crippen molar-refractivity contribution in [2.75, 3.05) is 7.11 Å². The molecule has 138 valence electrons. The summed E-state index contributed by atoms with van der Waals surface area (Å²) in [4.78, 5) is 27.1. The molecule has 0 fully saturated rings. The third-order valence-electron chi connectivity index (χ3n) is 4.52. The van der Waals surface area contributed by atoms with Crippen LogP contribution in [0.5, 0.6) is 0 Å². The fourth-order valence-electron chi connectivity index (χ4n) is 3.06. The van der Waals surface area contributed by atoms with Crippen LogP contribution < -0.4 is 0 Å². The van der Waals surface area contributed by atoms with E-state index in [9.17, 15) is 9.59 Å². The summed E-state index contributed by atoms with van der Waals surface area (Å²) >= 11 is 3.43. The number of allylic oxidation sites excluding steroid dienone is 1. The van der Waals surface area contributed by atoms with E-state index in [2.05, 4.69) is 15.9 Å². The van der Waals surface area contributed by atoms with Crippen molar-refractivity contribution >= 4 is 33.9 Å². The van der Waals surface area contributed by atoms with E-state index in [1.807, 2.05) is 55.5 Å². The average Bonchev–Trinajstić information content (AvgIpc) is 2.87. The van der Waals surface area contributed by atoms with Gasteiger partial charge in [-0.3, -0.25) is 4.79 Å². The fraction of sp³-hybridized carbons (Fsp3) is 0.182. The first-order valence-corrected chi connectivity index (χ1v) is 9.34. The Morgan fingerprint density at radius 3 is 2.48 bits per heavy atom. The summed E-state index contributed by atoms with van der Waals surface area (Å²) in [6.45, 7) is 4.20. The van der Waals surface area contributed by atoms with Crippen LogP contribution in [0.1, 0.15) is 23.6 Å². The molecule has 1 aliphatic rings. The highest BCUT2D eigenvalue weighted by atomic mass is 79.9. The standard InChI is InChI=1S/C22H20BrNO3/c1-14-7-9-16(10-8-14)13-24-15(2)20(22(26)27-3)19(21(24)25)12-17-5-4-6-18(23)11-17/h4-12H,13H2,1-3H3/b19-12-. The molecule has 0 N–H and O–H groups in total. The van der Waals surface area contributed by atoms with Gasteiger partial charge in [-0.15, -0.1) is 0 Å². The molecule has 0 saturated carbocycles. The Balaban J connectivity index is 2.02. The van der Waals surface area contributed by atoms with Crippen LogP contribution in [0.25, 0.3) is 6.08 Å². The van der Waals surface area contributed by atoms with Crippen LogP contribution >= 0.6 is 15.9 Å². The number of carbonyl (C=O) groups excluding carboxylic acids is 2. The van der Waals surface area contributed by atoms with Gasteiger partial charge in [-0.25, -0.2) is 4.79 Å². The molecule has 0 radical (unpaired) electrons. The minimum atomic E-state index is -0.506. The van der Waals surface area contributed by atoms with Crippen molar-refractivity contribution in [3.05, 3.63) is 86.5 Å². The Bertz CT molecular complexity index is 958. The molecule has 0 spiro atoms. The lowest BCUT2D eigenvalue weighted by Gasteiger charge is -2.18. The molecule has 1 amide bonds. The molecule has 1 heterocycles. The van der Waals surface area contributed by atoms with E-state index in [1.54, 1.807) is 17.9 Å². The quantitative estimate of drug-likeness (QED) is 0.529. The predicted molar refractivity (Wildman–Crippen MR) is 109 cm³/mol. The molecular weight excluding hydrogens is 406 g/mol. The molecule has 5 heteroatoms. The maximum atomic E-state index is 13.1. The third-order valence-corrected chi connectivity index (χ3v) is 5.02. The fourth-order valence-corrected chi connectivity index (χ4v) is 3.47. The van der Waals surface area contributed by atoms with E-state index < -0.39 is 5.97 Å². The summed E-state index contributed by atoms with van der Waals surface area (Å²) in [6.07, 6.45) is 1.73. The van der Waals surface area contributed by atoms with Gasteiger partial charge in [0.05, 0.1) is 24.8 Å². The first-order valence-electron chi connectivity index (χ1n) is 8.55. The van der Waals surface area contributed by atoms with E-state index in [0.29, 0.717) is 23.4 Å². The van der Waals surface area contributed by atoms with Gasteiger partial charge in [0.25, 0.3) is 5.91 Å². The topological polar surface area (TPSA) is 46.6 Å². The van der Waals surface area contributed by atoms with Crippen molar-refractivity contribution in [1.82, 2.24) is 4.90 Å². The van der Waals surface area contributed by atoms with Crippen LogP contribution in [0.2, 0.25) is 0 Å². The highest BCUT2D eigenvalue weighted by Gasteiger charge is 2.36. The monoisotopic (exact) mass is 425 g/mol. The maximum Gasteiger partial charge on any atom is 0.340 e. The van der Waals surface area contributed by atoms with Crippen molar-refractivity contribution in [1.29, 1.82) is 0 Å². The van der Waals surface area contributed by atoms with Crippen molar-refractivity contribution in [2.45, 2.75) is 20.4 Å². The van der Waals surface area contributed by atoms with Gasteiger partial charge in [0, 0.05) is 10.2 Å². The number of hydrogen-bond donors (Lipinski definition) is 0. The van der Waals surface area contributed by atoms with Gasteiger partial charge in [-0.2, -0.15) is 0 Å². The largest absolute Gasteiger partial charge is 0.465 e. The van der Waals surface area contributed by atoms with Crippen molar-refractivity contribution < 1.29 is 14.3 Å². The summed E-state index contributed by atoms with van der Waals surface area (Å²) < 4.78 is 5.84. The zero-order valence-corrected chi connectivity index (χ0v) is 17.0. The first kappa shape index (κ1) is 19.1. The Kier molecular flexibility index (Phi) is 5.61. The molecule has 0 bridgehead atoms. The Hall–Kier alpha value is -2.66. The minimum Gasteiger partial charge on any atom is -0.465 e. The highest BCUT2D eigenvalue weighted by Crippen LogP contribution is 2.33. The average molecular weight is 426 g/mol. The van der Waals surface area contributed by atoms with Gasteiger partial charge in [0.15, 0.2) is 0 Å². The van der Waals surface area contributed by atoms with Crippen LogP contribution in [0, 0.1) is 6.92 Å². The van der Waals surface area contributed by atoms with E-state index in [-0.39, 0.29) is 5.91 Å². The van der Waals surface area contributed by atoms with Gasteiger partial charge in [0.2, 0.25) is 0 Å². The van der Waals surface area contributed by atoms with Gasteiger partial charge in [-0.1, -0.05) is 57.9 Å². The van der Waals surface area contributed by atoms with E-state index in [4.69, 9.17) is 4.74 Å². The molecule has 0 aromatic heterocycles. The highest BCUT2D eigenvalue weighted by molar-refractivity contribution is 9.10. The van der Waals surface area contributed by atoms with Crippen molar-refractivity contribution in [3.8, 4) is 0 Å². The molecule has 0 unspecified atom stereocenters. The maximum absolute atomic E-state index is 13.1. The Morgan fingerprint density at radius 1 is 1.15 bits per heavy atom. The zero-order valence-electron chi connectivity index (χ0n) is 15.5. The molecule has 0 atom stereocenters. The van der Waals surface area contributed by atoms with Gasteiger partial charge >= 0.3 is 5.97 Å². The van der Waals surface area contributed by atoms with Crippen molar-refractivity contribution in [2.24, 2.45) is 0 Å². The predicted octanol–water partition coefficient (Wildman–Crippen LogP) is 4.63. The Morgan fingerprint density at radius 2 is 1.85 bits per heavy atom. The van der Waals surface area contributed by atoms with Crippen LogP contribution in [0.15, 0.2) is 69.8 Å². The lowest BCUT2D eigenvalue weighted by molar-refractivity contribution is -0.136. The summed E-state index contributed by atoms with van der Waals surface area (Å²) in [5.41, 5.74) is 4.26. The van der Waals surface area contributed by atoms with Crippen LogP contribution in [-0.4, -0.2) is 23.9 Å². The number of hydrogen-bond acceptors (Lipinski definition) is 3. The number of methoxy groups -OCH3 is 1. The number of nitrogens with zero attached hydrogens (tertiary/aromatic N) is 1. The molecule has 3 rings (SSSR count). The molecular formula is C22H20BrNO3. The lowest BCUT2D eigenvalue weighted by Crippen LogP contribution is -2.24. The third kappa shape index (κ3) is 4.03. The van der Waals surface area contributed by atoms with Gasteiger partial charge in [0.1, 0.15) is 0 Å². The normalized spacial score (nSPS) is 15.6. The number of ether oxygens (including phenoxy) is 1. The molecule has 0 aliphatic carbocycles. The zero-order chi connectivity index (χ0) is 19.6. The molecule has 2 aromatic rings. The minimum absolute atomic E-state index is 0.201. The smallest absolute Gasteiger partial charge is 0.340 e. The summed E-state index contributed by atoms with van der Waals surface area (Å²) in [7, 11) is 1.33. The number of amides is 1. The number of aryl methyl sites for hydroxylation is 1. The summed E-state index contributed by atoms with van der Waals surface area (Å²) in [5.74, 6) is -0.707. The summed E-state index contributed by atoms with van der Waals surface area (Å²) in [6, 6.07) is 15.6. The SMILES string of the molecule is COC(=O)C1=C(C)N(Cc2ccc(C)cc2)C(=O)/C1=C\c1cccc(Br)c1. The van der Waals surface area contributed by atoms with E-state index in [0.717, 1.165) is 21.2 Å². The van der Waals surface area contributed by atoms with E-state index in [1.165, 1.54) is 7.11 Å². The van der Waals surface area contributed by atoms with Crippen LogP contribution in [-0.2, 0) is 20.9 Å². The lowest BCUT2D eigenvalue weighted by atomic mass is 10.0. The molecule has 27 heavy (non-hydrogen) atoms. The van der Waals surface area contributed by atoms with Gasteiger partial charge in [-0.05, 0) is 43.2 Å². The second kappa shape index (κ2) is 7.92. The second-order valence-electron chi connectivity index (χ2n) is 6.44. The van der Waals surface area contributed by atoms with Crippen LogP contribution in [0.3, 0.4) is 0 Å². The van der Waals surface area contributed by atoms with Crippen molar-refractivity contribution in [3.63, 3.8) is 0 Å². The number of esters is 1. The second-order valence-corrected chi connectivity index (χ2v) is 7.36. The number of halogens is 1. The first-order chi connectivity index (χ1) is 12.9. The van der Waals surface area contributed by atoms with Crippen LogP contribution in [0.4, 0.5) is 0 Å².